The summed E-state index contributed by atoms with van der Waals surface area (Å²) in [6.45, 7) is 0. The first kappa shape index (κ1) is 12.3. The number of carbonyl (C=O) groups excluding carboxylic acids is 2. The number of anilines is 1. The molecule has 1 aromatic heterocycles. The topological polar surface area (TPSA) is 120 Å². The van der Waals surface area contributed by atoms with Gasteiger partial charge in [0, 0.05) is 12.1 Å². The van der Waals surface area contributed by atoms with Gasteiger partial charge in [-0.05, 0) is 24.6 Å². The quantitative estimate of drug-likeness (QED) is 0.526. The number of piperidine rings is 1. The molecule has 2 amide bonds. The average Bonchev–Trinajstić information content (AvgIpc) is 2.41. The number of imide groups is 1. The molecule has 0 bridgehead atoms. The van der Waals surface area contributed by atoms with Crippen molar-refractivity contribution in [2.75, 3.05) is 5.73 Å². The lowest BCUT2D eigenvalue weighted by atomic mass is 10.1. The van der Waals surface area contributed by atoms with E-state index < -0.39 is 17.5 Å². The van der Waals surface area contributed by atoms with E-state index >= 15 is 0 Å². The van der Waals surface area contributed by atoms with Gasteiger partial charge in [-0.2, -0.15) is 4.68 Å². The number of carbonyl (C=O) groups is 2. The highest BCUT2D eigenvalue weighted by Crippen LogP contribution is 2.17. The van der Waals surface area contributed by atoms with Gasteiger partial charge in [-0.1, -0.05) is 5.21 Å². The van der Waals surface area contributed by atoms with E-state index in [2.05, 4.69) is 15.6 Å². The second-order valence-electron chi connectivity index (χ2n) is 4.58. The van der Waals surface area contributed by atoms with Gasteiger partial charge < -0.3 is 5.73 Å². The SMILES string of the molecule is Nc1ccc2nnn(C3CCC(=O)NC3=O)c(=O)c2c1. The Labute approximate surface area is 112 Å². The van der Waals surface area contributed by atoms with Gasteiger partial charge in [-0.15, -0.1) is 5.10 Å². The number of fused-ring (bicyclic) bond motifs is 1. The Bertz CT molecular complexity index is 782. The van der Waals surface area contributed by atoms with E-state index in [4.69, 9.17) is 5.73 Å². The molecule has 0 radical (unpaired) electrons. The molecular formula is C12H11N5O3. The fraction of sp³-hybridized carbons (Fsp3) is 0.250. The fourth-order valence-electron chi connectivity index (χ4n) is 2.19. The van der Waals surface area contributed by atoms with Crippen molar-refractivity contribution in [2.45, 2.75) is 18.9 Å². The van der Waals surface area contributed by atoms with Crippen LogP contribution in [0.1, 0.15) is 18.9 Å². The van der Waals surface area contributed by atoms with Crippen molar-refractivity contribution in [2.24, 2.45) is 0 Å². The minimum Gasteiger partial charge on any atom is -0.399 e. The number of hydrogen-bond donors (Lipinski definition) is 2. The third-order valence-electron chi connectivity index (χ3n) is 3.21. The summed E-state index contributed by atoms with van der Waals surface area (Å²) >= 11 is 0. The summed E-state index contributed by atoms with van der Waals surface area (Å²) < 4.78 is 1.00. The third-order valence-corrected chi connectivity index (χ3v) is 3.21. The maximum Gasteiger partial charge on any atom is 0.278 e. The van der Waals surface area contributed by atoms with E-state index in [0.717, 1.165) is 4.68 Å². The lowest BCUT2D eigenvalue weighted by Crippen LogP contribution is -2.45. The molecule has 102 valence electrons. The van der Waals surface area contributed by atoms with Crippen LogP contribution in [0, 0.1) is 0 Å². The van der Waals surface area contributed by atoms with Crippen LogP contribution in [0.2, 0.25) is 0 Å². The van der Waals surface area contributed by atoms with E-state index in [9.17, 15) is 14.4 Å². The second kappa shape index (κ2) is 4.41. The van der Waals surface area contributed by atoms with Crippen molar-refractivity contribution in [3.8, 4) is 0 Å². The Kier molecular flexibility index (Phi) is 2.70. The van der Waals surface area contributed by atoms with Crippen molar-refractivity contribution in [3.05, 3.63) is 28.6 Å². The van der Waals surface area contributed by atoms with Crippen LogP contribution >= 0.6 is 0 Å². The fourth-order valence-corrected chi connectivity index (χ4v) is 2.19. The Morgan fingerprint density at radius 1 is 1.30 bits per heavy atom. The van der Waals surface area contributed by atoms with E-state index in [-0.39, 0.29) is 18.7 Å². The summed E-state index contributed by atoms with van der Waals surface area (Å²) in [4.78, 5) is 35.2. The predicted octanol–water partition coefficient (Wildman–Crippen LogP) is -0.649. The molecule has 1 aromatic carbocycles. The number of nitrogen functional groups attached to an aromatic ring is 1. The van der Waals surface area contributed by atoms with Crippen LogP contribution in [0.3, 0.4) is 0 Å². The first-order chi connectivity index (χ1) is 9.56. The molecule has 0 spiro atoms. The molecule has 0 saturated carbocycles. The lowest BCUT2D eigenvalue weighted by molar-refractivity contribution is -0.136. The molecule has 3 N–H and O–H groups in total. The molecule has 20 heavy (non-hydrogen) atoms. The highest BCUT2D eigenvalue weighted by molar-refractivity contribution is 5.99. The smallest absolute Gasteiger partial charge is 0.278 e. The zero-order valence-electron chi connectivity index (χ0n) is 10.4. The molecule has 2 heterocycles. The Morgan fingerprint density at radius 3 is 2.85 bits per heavy atom. The Balaban J connectivity index is 2.13. The molecule has 1 unspecified atom stereocenters. The molecule has 8 nitrogen and oxygen atoms in total. The van der Waals surface area contributed by atoms with Gasteiger partial charge in [0.1, 0.15) is 11.6 Å². The minimum absolute atomic E-state index is 0.166. The number of aromatic nitrogens is 3. The van der Waals surface area contributed by atoms with Gasteiger partial charge >= 0.3 is 0 Å². The van der Waals surface area contributed by atoms with Gasteiger partial charge in [0.2, 0.25) is 5.91 Å². The molecule has 3 rings (SSSR count). The molecule has 1 aliphatic rings. The van der Waals surface area contributed by atoms with Crippen molar-refractivity contribution in [1.29, 1.82) is 0 Å². The van der Waals surface area contributed by atoms with Crippen molar-refractivity contribution in [1.82, 2.24) is 20.3 Å². The molecule has 2 aromatic rings. The maximum atomic E-state index is 12.3. The molecule has 1 atom stereocenters. The summed E-state index contributed by atoms with van der Waals surface area (Å²) in [6.07, 6.45) is 0.395. The summed E-state index contributed by atoms with van der Waals surface area (Å²) in [5.41, 5.74) is 6.04. The molecular weight excluding hydrogens is 262 g/mol. The monoisotopic (exact) mass is 273 g/mol. The number of nitrogens with zero attached hydrogens (tertiary/aromatic N) is 3. The second-order valence-corrected chi connectivity index (χ2v) is 4.58. The molecule has 1 fully saturated rings. The largest absolute Gasteiger partial charge is 0.399 e. The van der Waals surface area contributed by atoms with Gasteiger partial charge in [-0.3, -0.25) is 19.7 Å². The number of hydrogen-bond acceptors (Lipinski definition) is 6. The van der Waals surface area contributed by atoms with Crippen LogP contribution in [0.4, 0.5) is 5.69 Å². The summed E-state index contributed by atoms with van der Waals surface area (Å²) in [5.74, 6) is -0.891. The molecule has 0 aliphatic carbocycles. The van der Waals surface area contributed by atoms with Crippen LogP contribution in [0.25, 0.3) is 10.9 Å². The van der Waals surface area contributed by atoms with Crippen molar-refractivity contribution < 1.29 is 9.59 Å². The van der Waals surface area contributed by atoms with Gasteiger partial charge in [-0.25, -0.2) is 0 Å². The lowest BCUT2D eigenvalue weighted by Gasteiger charge is -2.21. The van der Waals surface area contributed by atoms with Crippen LogP contribution in [-0.2, 0) is 9.59 Å². The predicted molar refractivity (Wildman–Crippen MR) is 69.6 cm³/mol. The van der Waals surface area contributed by atoms with Gasteiger partial charge in [0.05, 0.1) is 5.39 Å². The molecule has 1 saturated heterocycles. The number of benzene rings is 1. The normalized spacial score (nSPS) is 19.1. The number of rotatable bonds is 1. The van der Waals surface area contributed by atoms with Crippen LogP contribution < -0.4 is 16.6 Å². The molecule has 8 heteroatoms. The Hall–Kier alpha value is -2.77. The zero-order valence-corrected chi connectivity index (χ0v) is 10.4. The van der Waals surface area contributed by atoms with Crippen LogP contribution in [0.15, 0.2) is 23.0 Å². The Morgan fingerprint density at radius 2 is 2.10 bits per heavy atom. The number of nitrogens with two attached hydrogens (primary N) is 1. The van der Waals surface area contributed by atoms with Gasteiger partial charge in [0.15, 0.2) is 0 Å². The first-order valence-electron chi connectivity index (χ1n) is 6.04. The average molecular weight is 273 g/mol. The van der Waals surface area contributed by atoms with Crippen molar-refractivity contribution >= 4 is 28.4 Å². The first-order valence-corrected chi connectivity index (χ1v) is 6.04. The number of nitrogens with one attached hydrogen (secondary N) is 1. The van der Waals surface area contributed by atoms with E-state index in [1.807, 2.05) is 0 Å². The van der Waals surface area contributed by atoms with Crippen molar-refractivity contribution in [3.63, 3.8) is 0 Å². The van der Waals surface area contributed by atoms with E-state index in [1.165, 1.54) is 6.07 Å². The molecule has 1 aliphatic heterocycles. The third kappa shape index (κ3) is 1.91. The highest BCUT2D eigenvalue weighted by Gasteiger charge is 2.30. The number of amides is 2. The highest BCUT2D eigenvalue weighted by atomic mass is 16.2. The summed E-state index contributed by atoms with van der Waals surface area (Å²) in [7, 11) is 0. The standard InChI is InChI=1S/C12H11N5O3/c13-6-1-2-8-7(5-6)12(20)17(16-15-8)9-3-4-10(18)14-11(9)19/h1-2,5,9H,3-4,13H2,(H,14,18,19). The van der Waals surface area contributed by atoms with E-state index in [0.29, 0.717) is 16.6 Å². The van der Waals surface area contributed by atoms with Crippen LogP contribution in [0.5, 0.6) is 0 Å². The van der Waals surface area contributed by atoms with E-state index in [1.54, 1.807) is 12.1 Å². The van der Waals surface area contributed by atoms with Gasteiger partial charge in [0.25, 0.3) is 11.5 Å². The minimum atomic E-state index is -0.821. The maximum absolute atomic E-state index is 12.3. The summed E-state index contributed by atoms with van der Waals surface area (Å²) in [6, 6.07) is 3.88. The zero-order chi connectivity index (χ0) is 14.3. The van der Waals surface area contributed by atoms with Crippen LogP contribution in [-0.4, -0.2) is 26.8 Å². The summed E-state index contributed by atoms with van der Waals surface area (Å²) in [5, 5.41) is 10.2.